The van der Waals surface area contributed by atoms with Crippen LogP contribution in [0.5, 0.6) is 0 Å². The number of rotatable bonds is 1. The van der Waals surface area contributed by atoms with E-state index in [0.29, 0.717) is 5.92 Å². The van der Waals surface area contributed by atoms with Crippen LogP contribution in [0.2, 0.25) is 0 Å². The van der Waals surface area contributed by atoms with Crippen LogP contribution in [0.1, 0.15) is 17.9 Å². The quantitative estimate of drug-likeness (QED) is 0.591. The van der Waals surface area contributed by atoms with Crippen LogP contribution in [0.4, 0.5) is 0 Å². The number of hydrogen-bond acceptors (Lipinski definition) is 0. The van der Waals surface area contributed by atoms with E-state index in [4.69, 9.17) is 23.2 Å². The largest absolute Gasteiger partial charge is 0.125 e. The van der Waals surface area contributed by atoms with E-state index in [2.05, 4.69) is 12.1 Å². The Hall–Kier alpha value is -0.200. The maximum Gasteiger partial charge on any atom is 0.125 e. The Morgan fingerprint density at radius 2 is 1.73 bits per heavy atom. The molecule has 0 radical (unpaired) electrons. The number of benzene rings is 1. The number of halogens is 2. The molecular formula is C9H8Cl2. The fraction of sp³-hybridized carbons (Fsp3) is 0.333. The molecule has 0 bridgehead atoms. The molecule has 1 aromatic rings. The summed E-state index contributed by atoms with van der Waals surface area (Å²) in [6, 6.07) is 10.2. The lowest BCUT2D eigenvalue weighted by Gasteiger charge is -1.98. The summed E-state index contributed by atoms with van der Waals surface area (Å²) < 4.78 is -0.485. The summed E-state index contributed by atoms with van der Waals surface area (Å²) in [6.45, 7) is 0. The molecule has 0 aliphatic heterocycles. The van der Waals surface area contributed by atoms with Crippen LogP contribution in [0.15, 0.2) is 30.3 Å². The summed E-state index contributed by atoms with van der Waals surface area (Å²) in [6.07, 6.45) is 0.889. The van der Waals surface area contributed by atoms with E-state index >= 15 is 0 Å². The third kappa shape index (κ3) is 1.38. The van der Waals surface area contributed by atoms with Crippen LogP contribution in [0.3, 0.4) is 0 Å². The van der Waals surface area contributed by atoms with Gasteiger partial charge in [0.25, 0.3) is 0 Å². The predicted molar refractivity (Wildman–Crippen MR) is 48.2 cm³/mol. The first-order valence-corrected chi connectivity index (χ1v) is 4.38. The van der Waals surface area contributed by atoms with Crippen LogP contribution in [-0.4, -0.2) is 4.33 Å². The SMILES string of the molecule is ClC1(Cl)CC1c1ccccc1. The molecule has 1 aliphatic carbocycles. The van der Waals surface area contributed by atoms with Gasteiger partial charge in [-0.3, -0.25) is 0 Å². The van der Waals surface area contributed by atoms with Gasteiger partial charge < -0.3 is 0 Å². The average Bonchev–Trinajstić information content (AvgIpc) is 2.62. The average molecular weight is 187 g/mol. The van der Waals surface area contributed by atoms with Gasteiger partial charge in [-0.2, -0.15) is 0 Å². The highest BCUT2D eigenvalue weighted by Gasteiger charge is 2.52. The van der Waals surface area contributed by atoms with Crippen molar-refractivity contribution in [2.45, 2.75) is 16.7 Å². The molecule has 0 saturated heterocycles. The molecule has 2 rings (SSSR count). The lowest BCUT2D eigenvalue weighted by atomic mass is 10.1. The smallest absolute Gasteiger partial charge is 0.101 e. The topological polar surface area (TPSA) is 0 Å². The number of hydrogen-bond donors (Lipinski definition) is 0. The van der Waals surface area contributed by atoms with E-state index in [1.165, 1.54) is 5.56 Å². The first-order chi connectivity index (χ1) is 5.20. The lowest BCUT2D eigenvalue weighted by Crippen LogP contribution is -1.88. The molecule has 1 aliphatic rings. The van der Waals surface area contributed by atoms with E-state index in [0.717, 1.165) is 6.42 Å². The minimum atomic E-state index is -0.485. The molecule has 0 spiro atoms. The van der Waals surface area contributed by atoms with Gasteiger partial charge in [-0.05, 0) is 12.0 Å². The highest BCUT2D eigenvalue weighted by molar-refractivity contribution is 6.51. The van der Waals surface area contributed by atoms with Crippen molar-refractivity contribution < 1.29 is 0 Å². The van der Waals surface area contributed by atoms with Crippen LogP contribution in [0.25, 0.3) is 0 Å². The van der Waals surface area contributed by atoms with E-state index in [1.807, 2.05) is 18.2 Å². The van der Waals surface area contributed by atoms with E-state index in [9.17, 15) is 0 Å². The summed E-state index contributed by atoms with van der Waals surface area (Å²) in [5.74, 6) is 0.354. The molecule has 0 heterocycles. The van der Waals surface area contributed by atoms with Crippen molar-refractivity contribution in [2.75, 3.05) is 0 Å². The lowest BCUT2D eigenvalue weighted by molar-refractivity contribution is 1.11. The van der Waals surface area contributed by atoms with Crippen molar-refractivity contribution in [3.8, 4) is 0 Å². The Balaban J connectivity index is 2.21. The highest BCUT2D eigenvalue weighted by Crippen LogP contribution is 2.59. The fourth-order valence-electron chi connectivity index (χ4n) is 1.26. The van der Waals surface area contributed by atoms with Crippen molar-refractivity contribution in [3.05, 3.63) is 35.9 Å². The van der Waals surface area contributed by atoms with Gasteiger partial charge in [-0.15, -0.1) is 23.2 Å². The van der Waals surface area contributed by atoms with Gasteiger partial charge in [0.15, 0.2) is 0 Å². The maximum atomic E-state index is 5.91. The van der Waals surface area contributed by atoms with Crippen molar-refractivity contribution in [3.63, 3.8) is 0 Å². The molecule has 11 heavy (non-hydrogen) atoms. The molecule has 1 saturated carbocycles. The molecule has 1 aromatic carbocycles. The molecule has 0 aromatic heterocycles. The monoisotopic (exact) mass is 186 g/mol. The first-order valence-electron chi connectivity index (χ1n) is 3.63. The van der Waals surface area contributed by atoms with Gasteiger partial charge in [-0.1, -0.05) is 30.3 Å². The van der Waals surface area contributed by atoms with Crippen LogP contribution < -0.4 is 0 Å². The zero-order valence-corrected chi connectivity index (χ0v) is 7.44. The van der Waals surface area contributed by atoms with Gasteiger partial charge in [0, 0.05) is 5.92 Å². The minimum Gasteiger partial charge on any atom is -0.101 e. The first kappa shape index (κ1) is 7.45. The van der Waals surface area contributed by atoms with Gasteiger partial charge in [0.1, 0.15) is 4.33 Å². The molecule has 0 N–H and O–H groups in total. The van der Waals surface area contributed by atoms with Crippen molar-refractivity contribution >= 4 is 23.2 Å². The van der Waals surface area contributed by atoms with Crippen LogP contribution in [-0.2, 0) is 0 Å². The Kier molecular flexibility index (Phi) is 1.62. The Bertz CT molecular complexity index is 254. The van der Waals surface area contributed by atoms with E-state index < -0.39 is 4.33 Å². The summed E-state index contributed by atoms with van der Waals surface area (Å²) in [4.78, 5) is 0. The van der Waals surface area contributed by atoms with E-state index in [-0.39, 0.29) is 0 Å². The third-order valence-electron chi connectivity index (χ3n) is 2.03. The number of alkyl halides is 2. The molecule has 0 amide bonds. The van der Waals surface area contributed by atoms with Gasteiger partial charge >= 0.3 is 0 Å². The predicted octanol–water partition coefficient (Wildman–Crippen LogP) is 3.35. The van der Waals surface area contributed by atoms with Gasteiger partial charge in [0.2, 0.25) is 0 Å². The summed E-state index contributed by atoms with van der Waals surface area (Å²) in [5.41, 5.74) is 1.25. The Morgan fingerprint density at radius 3 is 2.18 bits per heavy atom. The van der Waals surface area contributed by atoms with Crippen molar-refractivity contribution in [2.24, 2.45) is 0 Å². The third-order valence-corrected chi connectivity index (χ3v) is 2.86. The molecule has 58 valence electrons. The molecule has 1 unspecified atom stereocenters. The minimum absolute atomic E-state index is 0.354. The Labute approximate surface area is 76.1 Å². The van der Waals surface area contributed by atoms with Gasteiger partial charge in [0.05, 0.1) is 0 Å². The second-order valence-corrected chi connectivity index (χ2v) is 4.47. The molecule has 0 nitrogen and oxygen atoms in total. The molecule has 2 heteroatoms. The normalized spacial score (nSPS) is 26.5. The Morgan fingerprint density at radius 1 is 1.18 bits per heavy atom. The second kappa shape index (κ2) is 2.40. The molecule has 1 atom stereocenters. The van der Waals surface area contributed by atoms with Crippen molar-refractivity contribution in [1.29, 1.82) is 0 Å². The zero-order chi connectivity index (χ0) is 7.90. The van der Waals surface area contributed by atoms with Crippen molar-refractivity contribution in [1.82, 2.24) is 0 Å². The standard InChI is InChI=1S/C9H8Cl2/c10-9(11)6-8(9)7-4-2-1-3-5-7/h1-5,8H,6H2. The maximum absolute atomic E-state index is 5.91. The highest BCUT2D eigenvalue weighted by atomic mass is 35.5. The molecular weight excluding hydrogens is 179 g/mol. The summed E-state index contributed by atoms with van der Waals surface area (Å²) in [7, 11) is 0. The van der Waals surface area contributed by atoms with Gasteiger partial charge in [-0.25, -0.2) is 0 Å². The van der Waals surface area contributed by atoms with Crippen LogP contribution >= 0.6 is 23.2 Å². The van der Waals surface area contributed by atoms with E-state index in [1.54, 1.807) is 0 Å². The summed E-state index contributed by atoms with van der Waals surface area (Å²) in [5, 5.41) is 0. The zero-order valence-electron chi connectivity index (χ0n) is 5.93. The second-order valence-electron chi connectivity index (χ2n) is 2.93. The molecule has 1 fully saturated rings. The summed E-state index contributed by atoms with van der Waals surface area (Å²) >= 11 is 11.8. The van der Waals surface area contributed by atoms with Crippen LogP contribution in [0, 0.1) is 0 Å². The fourth-order valence-corrected chi connectivity index (χ4v) is 1.82.